The van der Waals surface area contributed by atoms with E-state index in [-0.39, 0.29) is 11.8 Å². The Bertz CT molecular complexity index is 898. The first kappa shape index (κ1) is 18.4. The van der Waals surface area contributed by atoms with Gasteiger partial charge in [-0.1, -0.05) is 13.0 Å². The van der Waals surface area contributed by atoms with Crippen molar-refractivity contribution in [1.82, 2.24) is 15.3 Å². The molecule has 0 aliphatic carbocycles. The van der Waals surface area contributed by atoms with Crippen molar-refractivity contribution in [2.75, 3.05) is 24.5 Å². The van der Waals surface area contributed by atoms with Gasteiger partial charge in [0.2, 0.25) is 5.91 Å². The minimum Gasteiger partial charge on any atom is -0.356 e. The monoisotopic (exact) mass is 400 g/mol. The van der Waals surface area contributed by atoms with E-state index in [2.05, 4.69) is 50.7 Å². The summed E-state index contributed by atoms with van der Waals surface area (Å²) in [7, 11) is 0. The zero-order valence-corrected chi connectivity index (χ0v) is 17.1. The summed E-state index contributed by atoms with van der Waals surface area (Å²) in [5, 5.41) is 6.34. The highest BCUT2D eigenvalue weighted by Gasteiger charge is 2.26. The summed E-state index contributed by atoms with van der Waals surface area (Å²) in [6.07, 6.45) is 5.35. The molecule has 0 bridgehead atoms. The van der Waals surface area contributed by atoms with Gasteiger partial charge in [-0.15, -0.1) is 22.7 Å². The summed E-state index contributed by atoms with van der Waals surface area (Å²) in [5.41, 5.74) is 0. The van der Waals surface area contributed by atoms with Crippen LogP contribution >= 0.6 is 22.7 Å². The fourth-order valence-electron chi connectivity index (χ4n) is 3.58. The molecule has 3 aromatic heterocycles. The van der Waals surface area contributed by atoms with Crippen LogP contribution in [0.1, 0.15) is 29.5 Å². The van der Waals surface area contributed by atoms with Gasteiger partial charge in [-0.2, -0.15) is 0 Å². The number of thiophene rings is 2. The molecule has 0 unspecified atom stereocenters. The van der Waals surface area contributed by atoms with Crippen molar-refractivity contribution in [3.63, 3.8) is 0 Å². The Labute approximate surface area is 167 Å². The second-order valence-electron chi connectivity index (χ2n) is 6.86. The summed E-state index contributed by atoms with van der Waals surface area (Å²) in [4.78, 5) is 27.5. The second-order valence-corrected chi connectivity index (χ2v) is 9.01. The normalized spacial score (nSPS) is 15.4. The van der Waals surface area contributed by atoms with Crippen LogP contribution in [0.2, 0.25) is 0 Å². The Kier molecular flexibility index (Phi) is 5.69. The molecule has 0 spiro atoms. The minimum atomic E-state index is 0.107. The molecule has 1 amide bonds. The quantitative estimate of drug-likeness (QED) is 0.682. The van der Waals surface area contributed by atoms with Crippen molar-refractivity contribution < 1.29 is 4.79 Å². The summed E-state index contributed by atoms with van der Waals surface area (Å²) in [6, 6.07) is 6.39. The third kappa shape index (κ3) is 4.14. The van der Waals surface area contributed by atoms with Gasteiger partial charge in [0.25, 0.3) is 0 Å². The van der Waals surface area contributed by atoms with Crippen LogP contribution in [-0.4, -0.2) is 35.5 Å². The van der Waals surface area contributed by atoms with E-state index in [4.69, 9.17) is 0 Å². The van der Waals surface area contributed by atoms with Crippen LogP contribution in [0, 0.1) is 5.92 Å². The third-order valence-electron chi connectivity index (χ3n) is 5.12. The molecule has 142 valence electrons. The lowest BCUT2D eigenvalue weighted by Crippen LogP contribution is -2.41. The van der Waals surface area contributed by atoms with Crippen molar-refractivity contribution in [1.29, 1.82) is 0 Å². The molecule has 4 rings (SSSR count). The number of piperidine rings is 1. The average Bonchev–Trinajstić information content (AvgIpc) is 3.37. The molecule has 3 aromatic rings. The van der Waals surface area contributed by atoms with Gasteiger partial charge in [-0.05, 0) is 43.2 Å². The number of rotatable bonds is 6. The highest BCUT2D eigenvalue weighted by Crippen LogP contribution is 2.32. The first-order valence-corrected chi connectivity index (χ1v) is 11.2. The number of anilines is 1. The number of hydrogen-bond acceptors (Lipinski definition) is 6. The Morgan fingerprint density at radius 1 is 1.30 bits per heavy atom. The van der Waals surface area contributed by atoms with Gasteiger partial charge >= 0.3 is 0 Å². The van der Waals surface area contributed by atoms with E-state index in [1.807, 2.05) is 0 Å². The number of fused-ring (bicyclic) bond motifs is 1. The number of nitrogens with one attached hydrogen (secondary N) is 1. The lowest BCUT2D eigenvalue weighted by atomic mass is 9.95. The maximum absolute atomic E-state index is 12.5. The molecular weight excluding hydrogens is 376 g/mol. The predicted octanol–water partition coefficient (Wildman–Crippen LogP) is 3.89. The van der Waals surface area contributed by atoms with Gasteiger partial charge in [-0.3, -0.25) is 4.79 Å². The standard InChI is InChI=1S/C20H24N4OS2/c1-2-15-12-17-18(22-13-23-20(17)27-15)24-9-6-14(7-10-24)19(25)21-8-5-16-4-3-11-26-16/h3-4,11-14H,2,5-10H2,1H3,(H,21,25). The fraction of sp³-hybridized carbons (Fsp3) is 0.450. The Hall–Kier alpha value is -1.99. The van der Waals surface area contributed by atoms with Crippen LogP contribution in [-0.2, 0) is 17.6 Å². The smallest absolute Gasteiger partial charge is 0.223 e. The lowest BCUT2D eigenvalue weighted by Gasteiger charge is -2.32. The Morgan fingerprint density at radius 3 is 2.89 bits per heavy atom. The van der Waals surface area contributed by atoms with Gasteiger partial charge in [0, 0.05) is 35.3 Å². The predicted molar refractivity (Wildman–Crippen MR) is 113 cm³/mol. The molecule has 7 heteroatoms. The fourth-order valence-corrected chi connectivity index (χ4v) is 5.22. The average molecular weight is 401 g/mol. The van der Waals surface area contributed by atoms with Gasteiger partial charge in [0.05, 0.1) is 5.39 Å². The van der Waals surface area contributed by atoms with Gasteiger partial charge in [0.1, 0.15) is 17.0 Å². The van der Waals surface area contributed by atoms with E-state index >= 15 is 0 Å². The Morgan fingerprint density at radius 2 is 2.15 bits per heavy atom. The number of amides is 1. The molecule has 4 heterocycles. The van der Waals surface area contributed by atoms with Crippen molar-refractivity contribution in [3.8, 4) is 0 Å². The van der Waals surface area contributed by atoms with E-state index in [0.29, 0.717) is 0 Å². The summed E-state index contributed by atoms with van der Waals surface area (Å²) < 4.78 is 0. The molecule has 1 saturated heterocycles. The maximum Gasteiger partial charge on any atom is 0.223 e. The molecule has 1 aliphatic rings. The number of nitrogens with zero attached hydrogens (tertiary/aromatic N) is 3. The van der Waals surface area contributed by atoms with E-state index < -0.39 is 0 Å². The Balaban J connectivity index is 1.33. The molecule has 1 fully saturated rings. The van der Waals surface area contributed by atoms with Crippen LogP contribution in [0.3, 0.4) is 0 Å². The largest absolute Gasteiger partial charge is 0.356 e. The van der Waals surface area contributed by atoms with Crippen LogP contribution in [0.15, 0.2) is 29.9 Å². The highest BCUT2D eigenvalue weighted by atomic mass is 32.1. The highest BCUT2D eigenvalue weighted by molar-refractivity contribution is 7.18. The van der Waals surface area contributed by atoms with Crippen molar-refractivity contribution in [3.05, 3.63) is 39.7 Å². The topological polar surface area (TPSA) is 58.1 Å². The van der Waals surface area contributed by atoms with Gasteiger partial charge in [-0.25, -0.2) is 9.97 Å². The van der Waals surface area contributed by atoms with Crippen molar-refractivity contribution >= 4 is 44.6 Å². The van der Waals surface area contributed by atoms with Gasteiger partial charge in [0.15, 0.2) is 0 Å². The van der Waals surface area contributed by atoms with Crippen LogP contribution < -0.4 is 10.2 Å². The second kappa shape index (κ2) is 8.35. The van der Waals surface area contributed by atoms with E-state index in [1.54, 1.807) is 29.0 Å². The third-order valence-corrected chi connectivity index (χ3v) is 7.25. The minimum absolute atomic E-state index is 0.107. The zero-order valence-electron chi connectivity index (χ0n) is 15.5. The summed E-state index contributed by atoms with van der Waals surface area (Å²) >= 11 is 3.49. The molecule has 0 atom stereocenters. The van der Waals surface area contributed by atoms with E-state index in [1.165, 1.54) is 9.75 Å². The maximum atomic E-state index is 12.5. The number of aromatic nitrogens is 2. The first-order chi connectivity index (χ1) is 13.2. The van der Waals surface area contributed by atoms with Crippen LogP contribution in [0.4, 0.5) is 5.82 Å². The summed E-state index contributed by atoms with van der Waals surface area (Å²) in [6.45, 7) is 4.63. The molecule has 1 N–H and O–H groups in total. The zero-order chi connectivity index (χ0) is 18.6. The molecule has 0 saturated carbocycles. The molecule has 1 aliphatic heterocycles. The number of aryl methyl sites for hydroxylation is 1. The first-order valence-electron chi connectivity index (χ1n) is 9.53. The molecule has 0 aromatic carbocycles. The van der Waals surface area contributed by atoms with Crippen LogP contribution in [0.5, 0.6) is 0 Å². The molecule has 5 nitrogen and oxygen atoms in total. The van der Waals surface area contributed by atoms with Gasteiger partial charge < -0.3 is 10.2 Å². The van der Waals surface area contributed by atoms with Crippen LogP contribution in [0.25, 0.3) is 10.2 Å². The number of carbonyl (C=O) groups is 1. The molecule has 27 heavy (non-hydrogen) atoms. The lowest BCUT2D eigenvalue weighted by molar-refractivity contribution is -0.125. The van der Waals surface area contributed by atoms with Crippen molar-refractivity contribution in [2.24, 2.45) is 5.92 Å². The SMILES string of the molecule is CCc1cc2c(N3CCC(C(=O)NCCc4cccs4)CC3)ncnc2s1. The number of carbonyl (C=O) groups excluding carboxylic acids is 1. The number of hydrogen-bond donors (Lipinski definition) is 1. The molecule has 0 radical (unpaired) electrons. The molecular formula is C20H24N4OS2. The van der Waals surface area contributed by atoms with E-state index in [9.17, 15) is 4.79 Å². The van der Waals surface area contributed by atoms with E-state index in [0.717, 1.165) is 61.4 Å². The summed E-state index contributed by atoms with van der Waals surface area (Å²) in [5.74, 6) is 1.32. The van der Waals surface area contributed by atoms with Crippen molar-refractivity contribution in [2.45, 2.75) is 32.6 Å².